The second-order valence-corrected chi connectivity index (χ2v) is 5.37. The van der Waals surface area contributed by atoms with Gasteiger partial charge in [-0.2, -0.15) is 5.10 Å². The molecule has 1 atom stereocenters. The van der Waals surface area contributed by atoms with Crippen LogP contribution in [0.3, 0.4) is 0 Å². The Balaban J connectivity index is 1.84. The lowest BCUT2D eigenvalue weighted by atomic mass is 9.77. The summed E-state index contributed by atoms with van der Waals surface area (Å²) in [7, 11) is 1.93. The lowest BCUT2D eigenvalue weighted by molar-refractivity contribution is -0.132. The predicted octanol–water partition coefficient (Wildman–Crippen LogP) is 0.859. The van der Waals surface area contributed by atoms with E-state index in [1.165, 1.54) is 0 Å². The molecule has 1 aliphatic rings. The minimum absolute atomic E-state index is 0.198. The molecule has 1 saturated heterocycles. The van der Waals surface area contributed by atoms with Crippen LogP contribution >= 0.6 is 0 Å². The van der Waals surface area contributed by atoms with E-state index in [-0.39, 0.29) is 11.3 Å². The molecule has 5 nitrogen and oxygen atoms in total. The molecule has 0 aromatic carbocycles. The molecule has 1 amide bonds. The summed E-state index contributed by atoms with van der Waals surface area (Å²) in [5, 5.41) is 10.6. The van der Waals surface area contributed by atoms with Gasteiger partial charge in [-0.25, -0.2) is 0 Å². The second kappa shape index (κ2) is 6.19. The highest BCUT2D eigenvalue weighted by atomic mass is 16.2. The standard InChI is InChI=1S/C14H24N4O/c1-3-14(7-4-8-15-11-14)13(19)16-9-5-12-6-10-17-18(12)2/h6,10,15H,3-5,7-9,11H2,1-2H3,(H,16,19). The maximum Gasteiger partial charge on any atom is 0.227 e. The first-order valence-electron chi connectivity index (χ1n) is 7.14. The third kappa shape index (κ3) is 3.15. The van der Waals surface area contributed by atoms with Crippen molar-refractivity contribution in [3.05, 3.63) is 18.0 Å². The van der Waals surface area contributed by atoms with Gasteiger partial charge in [-0.1, -0.05) is 6.92 Å². The van der Waals surface area contributed by atoms with Gasteiger partial charge >= 0.3 is 0 Å². The normalized spacial score (nSPS) is 23.3. The van der Waals surface area contributed by atoms with Crippen molar-refractivity contribution in [2.45, 2.75) is 32.6 Å². The van der Waals surface area contributed by atoms with Crippen LogP contribution in [-0.2, 0) is 18.3 Å². The number of carbonyl (C=O) groups excluding carboxylic acids is 1. The Kier molecular flexibility index (Phi) is 4.58. The highest BCUT2D eigenvalue weighted by Crippen LogP contribution is 2.30. The van der Waals surface area contributed by atoms with E-state index in [4.69, 9.17) is 0 Å². The predicted molar refractivity (Wildman–Crippen MR) is 74.7 cm³/mol. The summed E-state index contributed by atoms with van der Waals surface area (Å²) in [5.41, 5.74) is 0.942. The van der Waals surface area contributed by atoms with E-state index in [1.54, 1.807) is 6.20 Å². The summed E-state index contributed by atoms with van der Waals surface area (Å²) in [6.45, 7) is 4.62. The fourth-order valence-corrected chi connectivity index (χ4v) is 2.76. The molecule has 19 heavy (non-hydrogen) atoms. The first kappa shape index (κ1) is 14.1. The van der Waals surface area contributed by atoms with Gasteiger partial charge in [0.25, 0.3) is 0 Å². The number of piperidine rings is 1. The van der Waals surface area contributed by atoms with Gasteiger partial charge in [0, 0.05) is 38.4 Å². The average molecular weight is 264 g/mol. The van der Waals surface area contributed by atoms with Crippen LogP contribution in [0.25, 0.3) is 0 Å². The highest BCUT2D eigenvalue weighted by Gasteiger charge is 2.37. The second-order valence-electron chi connectivity index (χ2n) is 5.37. The summed E-state index contributed by atoms with van der Waals surface area (Å²) in [5.74, 6) is 0.198. The third-order valence-corrected chi connectivity index (χ3v) is 4.22. The SMILES string of the molecule is CCC1(C(=O)NCCc2ccnn2C)CCCNC1. The fourth-order valence-electron chi connectivity index (χ4n) is 2.76. The minimum Gasteiger partial charge on any atom is -0.355 e. The molecule has 0 bridgehead atoms. The van der Waals surface area contributed by atoms with E-state index < -0.39 is 0 Å². The smallest absolute Gasteiger partial charge is 0.227 e. The van der Waals surface area contributed by atoms with Crippen LogP contribution in [0.5, 0.6) is 0 Å². The van der Waals surface area contributed by atoms with Crippen LogP contribution < -0.4 is 10.6 Å². The zero-order valence-corrected chi connectivity index (χ0v) is 11.9. The number of carbonyl (C=O) groups is 1. The van der Waals surface area contributed by atoms with Crippen LogP contribution in [0.1, 0.15) is 31.9 Å². The summed E-state index contributed by atoms with van der Waals surface area (Å²) in [4.78, 5) is 12.4. The van der Waals surface area contributed by atoms with Crippen molar-refractivity contribution in [1.29, 1.82) is 0 Å². The zero-order chi connectivity index (χ0) is 13.7. The van der Waals surface area contributed by atoms with Crippen molar-refractivity contribution in [3.8, 4) is 0 Å². The lowest BCUT2D eigenvalue weighted by Gasteiger charge is -2.35. The highest BCUT2D eigenvalue weighted by molar-refractivity contribution is 5.83. The van der Waals surface area contributed by atoms with Crippen molar-refractivity contribution in [3.63, 3.8) is 0 Å². The van der Waals surface area contributed by atoms with E-state index in [9.17, 15) is 4.79 Å². The third-order valence-electron chi connectivity index (χ3n) is 4.22. The van der Waals surface area contributed by atoms with Crippen molar-refractivity contribution in [1.82, 2.24) is 20.4 Å². The maximum atomic E-state index is 12.4. The first-order valence-corrected chi connectivity index (χ1v) is 7.14. The molecule has 0 spiro atoms. The van der Waals surface area contributed by atoms with Crippen LogP contribution in [0.2, 0.25) is 0 Å². The number of hydrogen-bond acceptors (Lipinski definition) is 3. The van der Waals surface area contributed by atoms with Gasteiger partial charge in [0.05, 0.1) is 5.41 Å². The Labute approximate surface area is 114 Å². The first-order chi connectivity index (χ1) is 9.18. The molecular weight excluding hydrogens is 240 g/mol. The summed E-state index contributed by atoms with van der Waals surface area (Å²) in [6.07, 6.45) is 5.60. The van der Waals surface area contributed by atoms with Gasteiger partial charge in [0.15, 0.2) is 0 Å². The monoisotopic (exact) mass is 264 g/mol. The number of nitrogens with zero attached hydrogens (tertiary/aromatic N) is 2. The van der Waals surface area contributed by atoms with E-state index in [0.29, 0.717) is 6.54 Å². The van der Waals surface area contributed by atoms with Gasteiger partial charge in [-0.05, 0) is 31.9 Å². The minimum atomic E-state index is -0.204. The Morgan fingerprint density at radius 3 is 3.05 bits per heavy atom. The van der Waals surface area contributed by atoms with Gasteiger partial charge in [-0.3, -0.25) is 9.48 Å². The molecule has 1 unspecified atom stereocenters. The Morgan fingerprint density at radius 2 is 2.47 bits per heavy atom. The largest absolute Gasteiger partial charge is 0.355 e. The number of nitrogens with one attached hydrogen (secondary N) is 2. The quantitative estimate of drug-likeness (QED) is 0.829. The summed E-state index contributed by atoms with van der Waals surface area (Å²) < 4.78 is 1.85. The molecule has 5 heteroatoms. The number of rotatable bonds is 5. The van der Waals surface area contributed by atoms with Gasteiger partial charge in [-0.15, -0.1) is 0 Å². The summed E-state index contributed by atoms with van der Waals surface area (Å²) >= 11 is 0. The Bertz CT molecular complexity index is 421. The van der Waals surface area contributed by atoms with Gasteiger partial charge in [0.1, 0.15) is 0 Å². The molecule has 0 radical (unpaired) electrons. The number of amides is 1. The zero-order valence-electron chi connectivity index (χ0n) is 11.9. The van der Waals surface area contributed by atoms with Crippen molar-refractivity contribution >= 4 is 5.91 Å². The number of hydrogen-bond donors (Lipinski definition) is 2. The van der Waals surface area contributed by atoms with Crippen LogP contribution in [0.4, 0.5) is 0 Å². The van der Waals surface area contributed by atoms with Gasteiger partial charge < -0.3 is 10.6 Å². The average Bonchev–Trinajstić information content (AvgIpc) is 2.85. The Morgan fingerprint density at radius 1 is 1.63 bits per heavy atom. The number of aromatic nitrogens is 2. The molecule has 1 aromatic heterocycles. The molecule has 106 valence electrons. The fraction of sp³-hybridized carbons (Fsp3) is 0.714. The van der Waals surface area contributed by atoms with Gasteiger partial charge in [0.2, 0.25) is 5.91 Å². The van der Waals surface area contributed by atoms with E-state index >= 15 is 0 Å². The Hall–Kier alpha value is -1.36. The molecule has 0 aliphatic carbocycles. The topological polar surface area (TPSA) is 59.0 Å². The van der Waals surface area contributed by atoms with E-state index in [1.807, 2.05) is 17.8 Å². The van der Waals surface area contributed by atoms with Crippen LogP contribution in [0.15, 0.2) is 12.3 Å². The maximum absolute atomic E-state index is 12.4. The molecule has 0 saturated carbocycles. The summed E-state index contributed by atoms with van der Waals surface area (Å²) in [6, 6.07) is 1.99. The molecular formula is C14H24N4O. The number of aryl methyl sites for hydroxylation is 1. The van der Waals surface area contributed by atoms with E-state index in [2.05, 4.69) is 22.7 Å². The molecule has 2 rings (SSSR count). The lowest BCUT2D eigenvalue weighted by Crippen LogP contribution is -2.50. The van der Waals surface area contributed by atoms with E-state index in [0.717, 1.165) is 44.5 Å². The van der Waals surface area contributed by atoms with Crippen molar-refractivity contribution < 1.29 is 4.79 Å². The molecule has 1 fully saturated rings. The van der Waals surface area contributed by atoms with Crippen LogP contribution in [0, 0.1) is 5.41 Å². The molecule has 2 N–H and O–H groups in total. The molecule has 1 aromatic rings. The van der Waals surface area contributed by atoms with Crippen molar-refractivity contribution in [2.24, 2.45) is 12.5 Å². The van der Waals surface area contributed by atoms with Crippen LogP contribution in [-0.4, -0.2) is 35.3 Å². The molecule has 1 aliphatic heterocycles. The van der Waals surface area contributed by atoms with Crippen molar-refractivity contribution in [2.75, 3.05) is 19.6 Å². The molecule has 2 heterocycles.